The lowest BCUT2D eigenvalue weighted by atomic mass is 10.1. The Morgan fingerprint density at radius 3 is 2.68 bits per heavy atom. The molecule has 1 atom stereocenters. The zero-order valence-corrected chi connectivity index (χ0v) is 12.2. The zero-order valence-electron chi connectivity index (χ0n) is 10.0. The zero-order chi connectivity index (χ0) is 14.2. The minimum atomic E-state index is -0.827. The van der Waals surface area contributed by atoms with Crippen molar-refractivity contribution in [2.75, 3.05) is 7.05 Å². The quantitative estimate of drug-likeness (QED) is 0.583. The summed E-state index contributed by atoms with van der Waals surface area (Å²) in [5.74, 6) is -1.24. The van der Waals surface area contributed by atoms with Gasteiger partial charge in [-0.3, -0.25) is 19.3 Å². The number of rotatable bonds is 2. The molecule has 7 heteroatoms. The fourth-order valence-corrected chi connectivity index (χ4v) is 2.10. The molecule has 0 saturated carbocycles. The van der Waals surface area contributed by atoms with Crippen molar-refractivity contribution in [1.29, 1.82) is 0 Å². The van der Waals surface area contributed by atoms with Crippen LogP contribution in [0.3, 0.4) is 0 Å². The molecule has 1 fully saturated rings. The van der Waals surface area contributed by atoms with Crippen LogP contribution in [0.25, 0.3) is 0 Å². The molecule has 1 aromatic rings. The predicted molar refractivity (Wildman–Crippen MR) is 74.5 cm³/mol. The average molecular weight is 374 g/mol. The Hall–Kier alpha value is -1.64. The molecule has 0 radical (unpaired) electrons. The van der Waals surface area contributed by atoms with Gasteiger partial charge in [0.1, 0.15) is 11.8 Å². The molecule has 1 aliphatic rings. The molecule has 0 bridgehead atoms. The second kappa shape index (κ2) is 5.16. The number of aromatic hydroxyl groups is 1. The van der Waals surface area contributed by atoms with Crippen LogP contribution in [-0.4, -0.2) is 40.8 Å². The number of benzene rings is 1. The van der Waals surface area contributed by atoms with Gasteiger partial charge in [-0.25, -0.2) is 0 Å². The molecule has 6 nitrogen and oxygen atoms in total. The van der Waals surface area contributed by atoms with E-state index in [-0.39, 0.29) is 23.6 Å². The first-order chi connectivity index (χ1) is 8.90. The third-order valence-electron chi connectivity index (χ3n) is 2.90. The monoisotopic (exact) mass is 374 g/mol. The van der Waals surface area contributed by atoms with E-state index >= 15 is 0 Å². The summed E-state index contributed by atoms with van der Waals surface area (Å²) < 4.78 is 0.626. The van der Waals surface area contributed by atoms with Crippen LogP contribution < -0.4 is 5.32 Å². The van der Waals surface area contributed by atoms with E-state index in [1.165, 1.54) is 13.1 Å². The van der Waals surface area contributed by atoms with E-state index in [4.69, 9.17) is 0 Å². The van der Waals surface area contributed by atoms with Crippen LogP contribution in [-0.2, 0) is 9.59 Å². The average Bonchev–Trinajstić information content (AvgIpc) is 2.60. The van der Waals surface area contributed by atoms with Crippen LogP contribution in [0.4, 0.5) is 0 Å². The second-order valence-electron chi connectivity index (χ2n) is 4.19. The van der Waals surface area contributed by atoms with E-state index in [0.717, 1.165) is 4.90 Å². The number of phenols is 1. The maximum absolute atomic E-state index is 11.9. The highest BCUT2D eigenvalue weighted by Gasteiger charge is 2.37. The number of hydrogen-bond donors (Lipinski definition) is 2. The number of amides is 3. The number of phenolic OH excluding ortho intramolecular Hbond substituents is 1. The van der Waals surface area contributed by atoms with Gasteiger partial charge in [-0.05, 0) is 40.8 Å². The first kappa shape index (κ1) is 13.8. The number of carbonyl (C=O) groups is 3. The number of halogens is 1. The summed E-state index contributed by atoms with van der Waals surface area (Å²) >= 11 is 1.94. The van der Waals surface area contributed by atoms with Gasteiger partial charge in [0.25, 0.3) is 11.8 Å². The van der Waals surface area contributed by atoms with Crippen molar-refractivity contribution in [2.45, 2.75) is 12.5 Å². The fraction of sp³-hybridized carbons (Fsp3) is 0.250. The van der Waals surface area contributed by atoms with Crippen molar-refractivity contribution in [2.24, 2.45) is 0 Å². The van der Waals surface area contributed by atoms with Gasteiger partial charge < -0.3 is 10.4 Å². The summed E-state index contributed by atoms with van der Waals surface area (Å²) in [4.78, 5) is 35.9. The largest absolute Gasteiger partial charge is 0.507 e. The Bertz CT molecular complexity index is 573. The maximum atomic E-state index is 11.9. The van der Waals surface area contributed by atoms with E-state index in [0.29, 0.717) is 3.57 Å². The van der Waals surface area contributed by atoms with E-state index in [1.807, 2.05) is 22.6 Å². The number of carbonyl (C=O) groups excluding carboxylic acids is 3. The summed E-state index contributed by atoms with van der Waals surface area (Å²) in [6.07, 6.45) is -0.0303. The number of likely N-dealkylation sites (N-methyl/N-ethyl adjacent to an activating group) is 1. The van der Waals surface area contributed by atoms with Crippen LogP contribution >= 0.6 is 22.6 Å². The van der Waals surface area contributed by atoms with Crippen molar-refractivity contribution in [3.8, 4) is 5.75 Å². The summed E-state index contributed by atoms with van der Waals surface area (Å²) in [5.41, 5.74) is 0.243. The number of likely N-dealkylation sites (tertiary alicyclic amines) is 1. The molecular formula is C12H11IN2O4. The number of nitrogens with zero attached hydrogens (tertiary/aromatic N) is 1. The molecule has 0 aliphatic carbocycles. The van der Waals surface area contributed by atoms with Crippen LogP contribution in [0, 0.1) is 3.57 Å². The third-order valence-corrected chi connectivity index (χ3v) is 3.81. The van der Waals surface area contributed by atoms with Crippen molar-refractivity contribution in [3.63, 3.8) is 0 Å². The van der Waals surface area contributed by atoms with Gasteiger partial charge in [0.2, 0.25) is 5.91 Å². The highest BCUT2D eigenvalue weighted by molar-refractivity contribution is 14.1. The van der Waals surface area contributed by atoms with Crippen LogP contribution in [0.1, 0.15) is 16.8 Å². The van der Waals surface area contributed by atoms with E-state index in [1.54, 1.807) is 12.1 Å². The summed E-state index contributed by atoms with van der Waals surface area (Å²) in [6.45, 7) is 0. The lowest BCUT2D eigenvalue weighted by Crippen LogP contribution is -2.40. The standard InChI is InChI=1S/C12H11IN2O4/c1-15-10(17)5-8(12(15)19)14-11(18)6-2-3-7(13)9(16)4-6/h2-4,8,16H,5H2,1H3,(H,14,18). The lowest BCUT2D eigenvalue weighted by molar-refractivity contribution is -0.137. The van der Waals surface area contributed by atoms with Crippen LogP contribution in [0.5, 0.6) is 5.75 Å². The molecular weight excluding hydrogens is 363 g/mol. The summed E-state index contributed by atoms with van der Waals surface area (Å²) in [5, 5.41) is 12.0. The molecule has 1 saturated heterocycles. The Balaban J connectivity index is 2.11. The SMILES string of the molecule is CN1C(=O)CC(NC(=O)c2ccc(I)c(O)c2)C1=O. The molecule has 1 aromatic carbocycles. The second-order valence-corrected chi connectivity index (χ2v) is 5.35. The molecule has 0 aromatic heterocycles. The van der Waals surface area contributed by atoms with Gasteiger partial charge in [0, 0.05) is 12.6 Å². The van der Waals surface area contributed by atoms with E-state index in [9.17, 15) is 19.5 Å². The van der Waals surface area contributed by atoms with Gasteiger partial charge in [-0.2, -0.15) is 0 Å². The normalized spacial score (nSPS) is 18.8. The summed E-state index contributed by atoms with van der Waals surface area (Å²) in [6, 6.07) is 3.63. The molecule has 2 N–H and O–H groups in total. The number of hydrogen-bond acceptors (Lipinski definition) is 4. The molecule has 0 spiro atoms. The third kappa shape index (κ3) is 2.70. The Morgan fingerprint density at radius 1 is 1.47 bits per heavy atom. The van der Waals surface area contributed by atoms with Crippen molar-refractivity contribution in [1.82, 2.24) is 10.2 Å². The molecule has 1 heterocycles. The highest BCUT2D eigenvalue weighted by atomic mass is 127. The van der Waals surface area contributed by atoms with Crippen LogP contribution in [0.2, 0.25) is 0 Å². The molecule has 19 heavy (non-hydrogen) atoms. The summed E-state index contributed by atoms with van der Waals surface area (Å²) in [7, 11) is 1.38. The number of imide groups is 1. The predicted octanol–water partition coefficient (Wildman–Crippen LogP) is 0.484. The smallest absolute Gasteiger partial charge is 0.252 e. The fourth-order valence-electron chi connectivity index (χ4n) is 1.76. The van der Waals surface area contributed by atoms with Crippen LogP contribution in [0.15, 0.2) is 18.2 Å². The Morgan fingerprint density at radius 2 is 2.16 bits per heavy atom. The van der Waals surface area contributed by atoms with Gasteiger partial charge in [0.15, 0.2) is 0 Å². The van der Waals surface area contributed by atoms with Crippen molar-refractivity contribution < 1.29 is 19.5 Å². The lowest BCUT2D eigenvalue weighted by Gasteiger charge is -2.11. The topological polar surface area (TPSA) is 86.7 Å². The molecule has 1 unspecified atom stereocenters. The van der Waals surface area contributed by atoms with E-state index < -0.39 is 17.9 Å². The van der Waals surface area contributed by atoms with Gasteiger partial charge in [-0.1, -0.05) is 0 Å². The molecule has 1 aliphatic heterocycles. The maximum Gasteiger partial charge on any atom is 0.252 e. The Kier molecular flexibility index (Phi) is 3.74. The Labute approximate surface area is 122 Å². The first-order valence-corrected chi connectivity index (χ1v) is 6.58. The highest BCUT2D eigenvalue weighted by Crippen LogP contribution is 2.20. The van der Waals surface area contributed by atoms with Crippen molar-refractivity contribution in [3.05, 3.63) is 27.3 Å². The van der Waals surface area contributed by atoms with Gasteiger partial charge >= 0.3 is 0 Å². The first-order valence-electron chi connectivity index (χ1n) is 5.50. The van der Waals surface area contributed by atoms with Gasteiger partial charge in [0.05, 0.1) is 9.99 Å². The minimum absolute atomic E-state index is 0.000747. The molecule has 2 rings (SSSR count). The van der Waals surface area contributed by atoms with Gasteiger partial charge in [-0.15, -0.1) is 0 Å². The molecule has 3 amide bonds. The van der Waals surface area contributed by atoms with Crippen molar-refractivity contribution >= 4 is 40.3 Å². The number of nitrogens with one attached hydrogen (secondary N) is 1. The minimum Gasteiger partial charge on any atom is -0.507 e. The molecule has 100 valence electrons. The van der Waals surface area contributed by atoms with E-state index in [2.05, 4.69) is 5.32 Å².